The maximum absolute atomic E-state index is 12.6. The fourth-order valence-corrected chi connectivity index (χ4v) is 3.92. The van der Waals surface area contributed by atoms with Crippen molar-refractivity contribution in [2.75, 3.05) is 30.4 Å². The van der Waals surface area contributed by atoms with Gasteiger partial charge in [-0.25, -0.2) is 4.79 Å². The number of aromatic nitrogens is 2. The summed E-state index contributed by atoms with van der Waals surface area (Å²) in [4.78, 5) is 28.9. The molecule has 4 rings (SSSR count). The number of carbonyl (C=O) groups is 2. The van der Waals surface area contributed by atoms with Crippen molar-refractivity contribution in [2.24, 2.45) is 0 Å². The van der Waals surface area contributed by atoms with Gasteiger partial charge in [0.15, 0.2) is 0 Å². The summed E-state index contributed by atoms with van der Waals surface area (Å²) in [6.07, 6.45) is 0.573. The predicted octanol–water partition coefficient (Wildman–Crippen LogP) is 4.77. The lowest BCUT2D eigenvalue weighted by Gasteiger charge is -2.28. The number of nitrogens with zero attached hydrogens (tertiary/aromatic N) is 3. The summed E-state index contributed by atoms with van der Waals surface area (Å²) in [7, 11) is 1.79. The maximum atomic E-state index is 12.6. The zero-order valence-electron chi connectivity index (χ0n) is 20.0. The van der Waals surface area contributed by atoms with E-state index in [1.165, 1.54) is 0 Å². The van der Waals surface area contributed by atoms with Crippen molar-refractivity contribution in [3.8, 4) is 11.3 Å². The molecule has 2 aromatic carbocycles. The molecular formula is C26H31N5O3. The lowest BCUT2D eigenvalue weighted by atomic mass is 10.1. The number of nitrogens with one attached hydrogen (secondary N) is 2. The van der Waals surface area contributed by atoms with Crippen LogP contribution in [0.3, 0.4) is 0 Å². The Morgan fingerprint density at radius 3 is 2.50 bits per heavy atom. The first-order valence-electron chi connectivity index (χ1n) is 11.4. The number of amides is 2. The molecule has 0 aliphatic carbocycles. The van der Waals surface area contributed by atoms with E-state index < -0.39 is 5.60 Å². The topological polar surface area (TPSA) is 90.6 Å². The Kier molecular flexibility index (Phi) is 6.58. The molecule has 0 radical (unpaired) electrons. The van der Waals surface area contributed by atoms with Gasteiger partial charge < -0.3 is 19.9 Å². The summed E-state index contributed by atoms with van der Waals surface area (Å²) in [5.41, 5.74) is 3.31. The van der Waals surface area contributed by atoms with E-state index in [4.69, 9.17) is 4.74 Å². The Hall–Kier alpha value is -3.81. The summed E-state index contributed by atoms with van der Waals surface area (Å²) < 4.78 is 5.49. The van der Waals surface area contributed by atoms with Crippen LogP contribution >= 0.6 is 0 Å². The molecule has 1 saturated heterocycles. The van der Waals surface area contributed by atoms with Crippen LogP contribution in [0.5, 0.6) is 0 Å². The van der Waals surface area contributed by atoms with Crippen molar-refractivity contribution >= 4 is 23.4 Å². The molecule has 1 atom stereocenters. The minimum Gasteiger partial charge on any atom is -0.444 e. The number of likely N-dealkylation sites (N-methyl/N-ethyl adjacent to an activating group) is 1. The Morgan fingerprint density at radius 1 is 1.12 bits per heavy atom. The van der Waals surface area contributed by atoms with E-state index in [2.05, 4.69) is 20.4 Å². The van der Waals surface area contributed by atoms with E-state index in [9.17, 15) is 9.59 Å². The summed E-state index contributed by atoms with van der Waals surface area (Å²) in [6.45, 7) is 7.19. The van der Waals surface area contributed by atoms with E-state index in [0.29, 0.717) is 11.4 Å². The van der Waals surface area contributed by atoms with E-state index in [1.54, 1.807) is 18.0 Å². The fraction of sp³-hybridized carbons (Fsp3) is 0.346. The van der Waals surface area contributed by atoms with Crippen molar-refractivity contribution < 1.29 is 14.3 Å². The smallest absolute Gasteiger partial charge is 0.410 e. The van der Waals surface area contributed by atoms with Gasteiger partial charge in [0.25, 0.3) is 5.91 Å². The van der Waals surface area contributed by atoms with Gasteiger partial charge >= 0.3 is 6.09 Å². The van der Waals surface area contributed by atoms with Crippen molar-refractivity contribution in [2.45, 2.75) is 38.8 Å². The molecule has 3 aromatic rings. The van der Waals surface area contributed by atoms with Gasteiger partial charge in [0.1, 0.15) is 11.3 Å². The molecule has 1 aliphatic heterocycles. The van der Waals surface area contributed by atoms with Crippen LogP contribution < -0.4 is 10.2 Å². The largest absolute Gasteiger partial charge is 0.444 e. The number of rotatable bonds is 5. The van der Waals surface area contributed by atoms with Crippen molar-refractivity contribution in [3.05, 3.63) is 66.4 Å². The molecular weight excluding hydrogens is 430 g/mol. The van der Waals surface area contributed by atoms with Gasteiger partial charge in [0, 0.05) is 37.1 Å². The Morgan fingerprint density at radius 2 is 1.82 bits per heavy atom. The molecule has 1 unspecified atom stereocenters. The van der Waals surface area contributed by atoms with E-state index in [1.807, 2.05) is 75.4 Å². The average molecular weight is 462 g/mol. The summed E-state index contributed by atoms with van der Waals surface area (Å²) >= 11 is 0. The molecule has 0 spiro atoms. The van der Waals surface area contributed by atoms with Gasteiger partial charge in [-0.3, -0.25) is 9.89 Å². The molecule has 0 saturated carbocycles. The first-order chi connectivity index (χ1) is 16.2. The van der Waals surface area contributed by atoms with Crippen LogP contribution in [-0.2, 0) is 4.74 Å². The van der Waals surface area contributed by atoms with Crippen LogP contribution in [0.2, 0.25) is 0 Å². The number of ether oxygens (including phenoxy) is 1. The molecule has 2 heterocycles. The lowest BCUT2D eigenvalue weighted by Crippen LogP contribution is -2.42. The van der Waals surface area contributed by atoms with Gasteiger partial charge in [-0.2, -0.15) is 5.10 Å². The van der Waals surface area contributed by atoms with E-state index >= 15 is 0 Å². The molecule has 0 bridgehead atoms. The average Bonchev–Trinajstić information content (AvgIpc) is 3.49. The molecule has 2 N–H and O–H groups in total. The second-order valence-electron chi connectivity index (χ2n) is 9.51. The van der Waals surface area contributed by atoms with Crippen LogP contribution in [0.15, 0.2) is 60.7 Å². The summed E-state index contributed by atoms with van der Waals surface area (Å²) in [5, 5.41) is 9.95. The highest BCUT2D eigenvalue weighted by molar-refractivity contribution is 6.03. The molecule has 1 aliphatic rings. The van der Waals surface area contributed by atoms with Gasteiger partial charge in [-0.05, 0) is 57.5 Å². The molecule has 8 heteroatoms. The molecule has 1 fully saturated rings. The summed E-state index contributed by atoms with van der Waals surface area (Å²) in [6, 6.07) is 19.3. The Balaban J connectivity index is 1.33. The van der Waals surface area contributed by atoms with Crippen LogP contribution in [0.1, 0.15) is 37.7 Å². The van der Waals surface area contributed by atoms with Crippen LogP contribution in [0.25, 0.3) is 11.3 Å². The quantitative estimate of drug-likeness (QED) is 0.571. The van der Waals surface area contributed by atoms with Crippen molar-refractivity contribution in [1.82, 2.24) is 15.1 Å². The number of H-pyrrole nitrogens is 1. The summed E-state index contributed by atoms with van der Waals surface area (Å²) in [5.74, 6) is -0.248. The standard InChI is InChI=1S/C26H31N5O3/c1-26(2,3)34-25(33)30(4)21-14-15-31(17-21)20-12-10-19(11-13-20)27-24(32)23-16-22(28-29-23)18-8-6-5-7-9-18/h5-13,16,21H,14-15,17H2,1-4H3,(H,27,32)(H,28,29). The molecule has 1 aromatic heterocycles. The number of aromatic amines is 1. The minimum absolute atomic E-state index is 0.0911. The molecule has 2 amide bonds. The highest BCUT2D eigenvalue weighted by Crippen LogP contribution is 2.25. The highest BCUT2D eigenvalue weighted by Gasteiger charge is 2.31. The van der Waals surface area contributed by atoms with Gasteiger partial charge in [0.2, 0.25) is 0 Å². The fourth-order valence-electron chi connectivity index (χ4n) is 3.92. The maximum Gasteiger partial charge on any atom is 0.410 e. The van der Waals surface area contributed by atoms with Crippen molar-refractivity contribution in [1.29, 1.82) is 0 Å². The normalized spacial score (nSPS) is 15.8. The molecule has 178 valence electrons. The van der Waals surface area contributed by atoms with E-state index in [-0.39, 0.29) is 18.0 Å². The minimum atomic E-state index is -0.511. The number of carbonyl (C=O) groups excluding carboxylic acids is 2. The second kappa shape index (κ2) is 9.59. The Labute approximate surface area is 199 Å². The third-order valence-electron chi connectivity index (χ3n) is 5.77. The number of hydrogen-bond donors (Lipinski definition) is 2. The molecule has 8 nitrogen and oxygen atoms in total. The predicted molar refractivity (Wildman–Crippen MR) is 133 cm³/mol. The monoisotopic (exact) mass is 461 g/mol. The number of anilines is 2. The number of benzene rings is 2. The highest BCUT2D eigenvalue weighted by atomic mass is 16.6. The first kappa shape index (κ1) is 23.4. The van der Waals surface area contributed by atoms with Gasteiger partial charge in [0.05, 0.1) is 11.7 Å². The van der Waals surface area contributed by atoms with Crippen LogP contribution in [-0.4, -0.2) is 58.9 Å². The van der Waals surface area contributed by atoms with Crippen LogP contribution in [0, 0.1) is 0 Å². The number of hydrogen-bond acceptors (Lipinski definition) is 5. The van der Waals surface area contributed by atoms with E-state index in [0.717, 1.165) is 36.5 Å². The van der Waals surface area contributed by atoms with Gasteiger partial charge in [-0.15, -0.1) is 0 Å². The van der Waals surface area contributed by atoms with Crippen LogP contribution in [0.4, 0.5) is 16.2 Å². The zero-order chi connectivity index (χ0) is 24.3. The second-order valence-corrected chi connectivity index (χ2v) is 9.51. The third kappa shape index (κ3) is 5.57. The van der Waals surface area contributed by atoms with Gasteiger partial charge in [-0.1, -0.05) is 30.3 Å². The Bertz CT molecular complexity index is 1140. The third-order valence-corrected chi connectivity index (χ3v) is 5.77. The lowest BCUT2D eigenvalue weighted by molar-refractivity contribution is 0.0238. The zero-order valence-corrected chi connectivity index (χ0v) is 20.0. The SMILES string of the molecule is CN(C(=O)OC(C)(C)C)C1CCN(c2ccc(NC(=O)c3cc(-c4ccccc4)n[nH]3)cc2)C1. The first-order valence-corrected chi connectivity index (χ1v) is 11.4. The van der Waals surface area contributed by atoms with Crippen molar-refractivity contribution in [3.63, 3.8) is 0 Å². The molecule has 34 heavy (non-hydrogen) atoms.